The van der Waals surface area contributed by atoms with Gasteiger partial charge in [-0.3, -0.25) is 0 Å². The van der Waals surface area contributed by atoms with Crippen LogP contribution in [0.3, 0.4) is 0 Å². The molecular formula is CH6I4N2O2Pb. The summed E-state index contributed by atoms with van der Waals surface area (Å²) in [5, 5.41) is 8.67. The zero-order valence-electron chi connectivity index (χ0n) is 4.91. The van der Waals surface area contributed by atoms with Crippen molar-refractivity contribution >= 4 is 81.1 Å². The van der Waals surface area contributed by atoms with Crippen molar-refractivity contribution in [1.29, 1.82) is 0 Å². The van der Waals surface area contributed by atoms with Crippen LogP contribution in [-0.2, 0) is 0 Å². The molecule has 0 atom stereocenters. The van der Waals surface area contributed by atoms with Gasteiger partial charge in [0.05, 0.1) is 0 Å². The Hall–Kier alpha value is 3.07. The number of hydrogen-bond donors (Lipinski definition) is 2. The van der Waals surface area contributed by atoms with E-state index in [4.69, 9.17) is 9.90 Å². The van der Waals surface area contributed by atoms with E-state index in [0.717, 1.165) is 0 Å². The summed E-state index contributed by atoms with van der Waals surface area (Å²) in [4.78, 5) is 8.67. The number of primary amides is 1. The Morgan fingerprint density at radius 3 is 1.30 bits per heavy atom. The van der Waals surface area contributed by atoms with E-state index in [2.05, 4.69) is 76.8 Å². The predicted octanol–water partition coefficient (Wildman–Crippen LogP) is 1.83. The molecule has 0 aliphatic heterocycles. The van der Waals surface area contributed by atoms with Gasteiger partial charge >= 0.3 is 75.0 Å². The number of carbonyl (C=O) groups is 1. The summed E-state index contributed by atoms with van der Waals surface area (Å²) in [5.74, 6) is 0. The average molecular weight is 793 g/mol. The van der Waals surface area contributed by atoms with Gasteiger partial charge in [-0.05, 0) is 0 Å². The molecule has 0 spiro atoms. The minimum absolute atomic E-state index is 0. The number of amides is 1. The molecule has 9 heteroatoms. The molecule has 0 saturated heterocycles. The zero-order chi connectivity index (χ0) is 8.08. The van der Waals surface area contributed by atoms with Gasteiger partial charge in [0.15, 0.2) is 0 Å². The molecule has 4 nitrogen and oxygen atoms in total. The van der Waals surface area contributed by atoms with Crippen LogP contribution >= 0.6 is 71.0 Å². The Kier molecular flexibility index (Phi) is 19.1. The zero-order valence-corrected chi connectivity index (χ0v) is 17.4. The molecule has 0 bridgehead atoms. The quantitative estimate of drug-likeness (QED) is 0.289. The molecule has 0 rings (SSSR count). The fourth-order valence-electron chi connectivity index (χ4n) is 0. The molecule has 0 aromatic rings. The van der Waals surface area contributed by atoms with E-state index >= 15 is 0 Å². The van der Waals surface area contributed by atoms with Gasteiger partial charge in [0.1, 0.15) is 6.09 Å². The summed E-state index contributed by atoms with van der Waals surface area (Å²) in [6.45, 7) is 0. The topological polar surface area (TPSA) is 103 Å². The van der Waals surface area contributed by atoms with Crippen LogP contribution in [0.25, 0.3) is 0 Å². The van der Waals surface area contributed by atoms with Crippen LogP contribution < -0.4 is 17.0 Å². The summed E-state index contributed by atoms with van der Waals surface area (Å²) in [6, 6.07) is 0. The minimum Gasteiger partial charge on any atom is -0.369 e. The molecule has 0 radical (unpaired) electrons. The van der Waals surface area contributed by atoms with Crippen LogP contribution in [0.2, 0.25) is 0 Å². The van der Waals surface area contributed by atoms with Crippen LogP contribution in [0.4, 0.5) is 4.79 Å². The van der Waals surface area contributed by atoms with Crippen molar-refractivity contribution in [1.82, 2.24) is 6.15 Å². The number of rotatable bonds is 0. The van der Waals surface area contributed by atoms with E-state index in [9.17, 15) is 0 Å². The van der Waals surface area contributed by atoms with Crippen LogP contribution in [-0.4, -0.2) is 10.1 Å². The first kappa shape index (κ1) is 18.8. The first-order valence-electron chi connectivity index (χ1n) is 1.45. The van der Waals surface area contributed by atoms with E-state index in [0.29, 0.717) is 0 Å². The number of carbonyl (C=O) groups excluding carboxylic acids is 1. The number of quaternary nitrogens is 1. The fourth-order valence-corrected chi connectivity index (χ4v) is 0. The molecule has 0 heterocycles. The van der Waals surface area contributed by atoms with Crippen LogP contribution in [0.5, 0.6) is 0 Å². The largest absolute Gasteiger partial charge is 0.369 e. The number of nitrogens with two attached hydrogens (primary N) is 1. The van der Waals surface area contributed by atoms with Gasteiger partial charge in [0.25, 0.3) is 0 Å². The summed E-state index contributed by atoms with van der Waals surface area (Å²) in [7, 11) is 0. The van der Waals surface area contributed by atoms with Gasteiger partial charge in [-0.1, -0.05) is 0 Å². The first-order chi connectivity index (χ1) is 3.73. The fraction of sp³-hybridized carbons (Fsp3) is 0. The molecule has 0 aliphatic carbocycles. The summed E-state index contributed by atoms with van der Waals surface area (Å²) < 4.78 is -1.40. The van der Waals surface area contributed by atoms with Crippen molar-refractivity contribution in [2.75, 3.05) is 0 Å². The molecule has 1 amide bonds. The number of halogens is 4. The van der Waals surface area contributed by atoms with E-state index in [-0.39, 0.29) is 6.15 Å². The minimum atomic E-state index is -1.58. The Balaban J connectivity index is -0.0000000910. The third-order valence-electron chi connectivity index (χ3n) is 0. The molecule has 0 fully saturated rings. The summed E-state index contributed by atoms with van der Waals surface area (Å²) >= 11 is 10.2. The molecule has 0 aliphatic rings. The van der Waals surface area contributed by atoms with Crippen LogP contribution in [0.1, 0.15) is 0 Å². The van der Waals surface area contributed by atoms with E-state index < -0.39 is 10.1 Å². The van der Waals surface area contributed by atoms with Gasteiger partial charge in [-0.15, -0.1) is 0 Å². The third-order valence-corrected chi connectivity index (χ3v) is 0. The van der Waals surface area contributed by atoms with E-state index in [1.54, 1.807) is 0 Å². The van der Waals surface area contributed by atoms with Gasteiger partial charge in [0, 0.05) is 0 Å². The smallest absolute Gasteiger partial charge is 0.369 e. The third kappa shape index (κ3) is 119. The van der Waals surface area contributed by atoms with Crippen molar-refractivity contribution < 1.29 is 9.90 Å². The Labute approximate surface area is 99.9 Å². The van der Waals surface area contributed by atoms with Gasteiger partial charge in [0.2, 0.25) is 0 Å². The predicted molar refractivity (Wildman–Crippen MR) is 77.4 cm³/mol. The van der Waals surface area contributed by atoms with Crippen molar-refractivity contribution in [2.45, 2.75) is 0 Å². The van der Waals surface area contributed by atoms with Gasteiger partial charge in [-0.2, -0.15) is 0 Å². The number of carboxylic acid groups (broad SMARTS) is 1. The van der Waals surface area contributed by atoms with Gasteiger partial charge < -0.3 is 21.8 Å². The number of hydrogen-bond acceptors (Lipinski definition) is 2. The Bertz CT molecular complexity index is 83.7. The maximum absolute atomic E-state index is 8.67. The normalized spacial score (nSPS) is 8.40. The van der Waals surface area contributed by atoms with Crippen molar-refractivity contribution in [3.63, 3.8) is 0 Å². The van der Waals surface area contributed by atoms with E-state index in [1.165, 1.54) is 0 Å². The monoisotopic (exact) mass is 794 g/mol. The molecule has 0 unspecified atom stereocenters. The molecular weight excluding hydrogens is 787 g/mol. The first-order valence-corrected chi connectivity index (χ1v) is 45.2. The molecule has 10 heavy (non-hydrogen) atoms. The molecule has 0 aromatic carbocycles. The SMILES string of the molecule is NC(=O)[O-].[I][Pb]([I])([I])[I].[NH4+]. The maximum Gasteiger partial charge on any atom is -0.369 e. The Morgan fingerprint density at radius 2 is 1.30 bits per heavy atom. The summed E-state index contributed by atoms with van der Waals surface area (Å²) in [5.41, 5.74) is 3.92. The van der Waals surface area contributed by atoms with Crippen molar-refractivity contribution in [2.24, 2.45) is 5.73 Å². The molecule has 6 N–H and O–H groups in total. The standard InChI is InChI=1S/CH3NO2.4HI.H3N.Pb/c2-1(3)4;;;;;;/h2H2,(H,3,4);4*1H;1H3;/q;;;;;;+4/p-4. The Morgan fingerprint density at radius 1 is 1.30 bits per heavy atom. The summed E-state index contributed by atoms with van der Waals surface area (Å²) in [6.07, 6.45) is -1.58. The molecule has 64 valence electrons. The molecule has 0 aromatic heterocycles. The van der Waals surface area contributed by atoms with Crippen LogP contribution in [0, 0.1) is 0 Å². The van der Waals surface area contributed by atoms with Gasteiger partial charge in [-0.25, -0.2) is 0 Å². The van der Waals surface area contributed by atoms with E-state index in [1.807, 2.05) is 0 Å². The average Bonchev–Trinajstić information content (AvgIpc) is 1.19. The van der Waals surface area contributed by atoms with Crippen molar-refractivity contribution in [3.05, 3.63) is 0 Å². The maximum atomic E-state index is 8.67. The van der Waals surface area contributed by atoms with Crippen LogP contribution in [0.15, 0.2) is 0 Å². The second kappa shape index (κ2) is 10.2. The second-order valence-corrected chi connectivity index (χ2v) is 170. The second-order valence-electron chi connectivity index (χ2n) is 0.748. The molecule has 0 saturated carbocycles. The van der Waals surface area contributed by atoms with Crippen molar-refractivity contribution in [3.8, 4) is 0 Å².